The number of esters is 1. The van der Waals surface area contributed by atoms with E-state index in [9.17, 15) is 9.59 Å². The van der Waals surface area contributed by atoms with Gasteiger partial charge in [0.05, 0.1) is 12.7 Å². The van der Waals surface area contributed by atoms with E-state index >= 15 is 0 Å². The number of methoxy groups -OCH3 is 1. The Hall–Kier alpha value is -1.55. The van der Waals surface area contributed by atoms with Gasteiger partial charge >= 0.3 is 5.97 Å². The number of rotatable bonds is 3. The van der Waals surface area contributed by atoms with Crippen LogP contribution in [0.3, 0.4) is 0 Å². The molecule has 0 saturated carbocycles. The quantitative estimate of drug-likeness (QED) is 0.451. The highest BCUT2D eigenvalue weighted by Crippen LogP contribution is 2.25. The smallest absolute Gasteiger partial charge is 0.308 e. The van der Waals surface area contributed by atoms with E-state index in [0.717, 1.165) is 0 Å². The molecule has 0 heterocycles. The number of benzene rings is 1. The lowest BCUT2D eigenvalue weighted by Gasteiger charge is -2.07. The van der Waals surface area contributed by atoms with Crippen molar-refractivity contribution < 1.29 is 19.1 Å². The van der Waals surface area contributed by atoms with Crippen LogP contribution in [0.1, 0.15) is 17.3 Å². The van der Waals surface area contributed by atoms with Gasteiger partial charge in [0, 0.05) is 6.92 Å². The molecule has 0 aliphatic rings. The van der Waals surface area contributed by atoms with Gasteiger partial charge in [-0.15, -0.1) is 0 Å². The molecule has 15 heavy (non-hydrogen) atoms. The maximum atomic E-state index is 11.0. The molecule has 4 nitrogen and oxygen atoms in total. The number of carbonyl (C=O) groups excluding carboxylic acids is 2. The second-order valence-electron chi connectivity index (χ2n) is 2.73. The highest BCUT2D eigenvalue weighted by Gasteiger charge is 2.13. The molecule has 1 aromatic carbocycles. The van der Waals surface area contributed by atoms with Crippen LogP contribution in [-0.4, -0.2) is 18.3 Å². The molecule has 5 heteroatoms. The van der Waals surface area contributed by atoms with Crippen LogP contribution < -0.4 is 9.47 Å². The molecule has 0 aliphatic heterocycles. The minimum atomic E-state index is -0.704. The molecule has 0 saturated heterocycles. The van der Waals surface area contributed by atoms with Crippen molar-refractivity contribution in [2.24, 2.45) is 0 Å². The van der Waals surface area contributed by atoms with Crippen molar-refractivity contribution in [1.29, 1.82) is 0 Å². The topological polar surface area (TPSA) is 52.6 Å². The molecule has 80 valence electrons. The van der Waals surface area contributed by atoms with E-state index in [4.69, 9.17) is 21.1 Å². The lowest BCUT2D eigenvalue weighted by Crippen LogP contribution is -2.05. The highest BCUT2D eigenvalue weighted by molar-refractivity contribution is 6.68. The van der Waals surface area contributed by atoms with E-state index < -0.39 is 11.2 Å². The fourth-order valence-electron chi connectivity index (χ4n) is 1.03. The number of ether oxygens (including phenoxy) is 2. The number of carbonyl (C=O) groups is 2. The highest BCUT2D eigenvalue weighted by atomic mass is 35.5. The summed E-state index contributed by atoms with van der Waals surface area (Å²) in [6.07, 6.45) is 0. The van der Waals surface area contributed by atoms with Crippen molar-refractivity contribution in [3.05, 3.63) is 23.8 Å². The minimum absolute atomic E-state index is 0.103. The summed E-state index contributed by atoms with van der Waals surface area (Å²) in [5.74, 6) is 0.0811. The molecule has 0 aromatic heterocycles. The van der Waals surface area contributed by atoms with Gasteiger partial charge in [-0.2, -0.15) is 0 Å². The summed E-state index contributed by atoms with van der Waals surface area (Å²) in [6, 6.07) is 4.44. The molecular weight excluding hydrogens is 220 g/mol. The maximum Gasteiger partial charge on any atom is 0.308 e. The molecule has 0 unspecified atom stereocenters. The Kier molecular flexibility index (Phi) is 3.68. The van der Waals surface area contributed by atoms with Crippen LogP contribution >= 0.6 is 11.6 Å². The van der Waals surface area contributed by atoms with Gasteiger partial charge in [-0.3, -0.25) is 9.59 Å². The summed E-state index contributed by atoms with van der Waals surface area (Å²) in [4.78, 5) is 21.8. The summed E-state index contributed by atoms with van der Waals surface area (Å²) in [6.45, 7) is 1.24. The van der Waals surface area contributed by atoms with Crippen molar-refractivity contribution in [1.82, 2.24) is 0 Å². The Morgan fingerprint density at radius 3 is 2.47 bits per heavy atom. The van der Waals surface area contributed by atoms with Crippen LogP contribution in [0.2, 0.25) is 0 Å². The average Bonchev–Trinajstić information content (AvgIpc) is 2.17. The number of hydrogen-bond acceptors (Lipinski definition) is 4. The second kappa shape index (κ2) is 4.79. The van der Waals surface area contributed by atoms with Crippen molar-refractivity contribution in [2.45, 2.75) is 6.92 Å². The zero-order valence-corrected chi connectivity index (χ0v) is 9.00. The summed E-state index contributed by atoms with van der Waals surface area (Å²) in [7, 11) is 1.46. The van der Waals surface area contributed by atoms with E-state index in [1.54, 1.807) is 6.07 Å². The fourth-order valence-corrected chi connectivity index (χ4v) is 1.18. The summed E-state index contributed by atoms with van der Waals surface area (Å²) < 4.78 is 9.72. The first kappa shape index (κ1) is 11.5. The van der Waals surface area contributed by atoms with Gasteiger partial charge in [-0.25, -0.2) is 0 Å². The Labute approximate surface area is 91.7 Å². The zero-order chi connectivity index (χ0) is 11.4. The molecule has 0 N–H and O–H groups in total. The van der Waals surface area contributed by atoms with Crippen LogP contribution in [0.25, 0.3) is 0 Å². The SMILES string of the molecule is COc1ccc(OC(C)=O)c(C(=O)Cl)c1. The van der Waals surface area contributed by atoms with Crippen LogP contribution in [0.15, 0.2) is 18.2 Å². The van der Waals surface area contributed by atoms with Crippen LogP contribution in [-0.2, 0) is 4.79 Å². The zero-order valence-electron chi connectivity index (χ0n) is 8.24. The summed E-state index contributed by atoms with van der Waals surface area (Å²) >= 11 is 5.33. The third kappa shape index (κ3) is 2.95. The van der Waals surface area contributed by atoms with E-state index in [1.807, 2.05) is 0 Å². The molecule has 0 spiro atoms. The summed E-state index contributed by atoms with van der Waals surface area (Å²) in [5.41, 5.74) is 0.103. The lowest BCUT2D eigenvalue weighted by molar-refractivity contribution is -0.131. The normalized spacial score (nSPS) is 9.53. The Morgan fingerprint density at radius 1 is 1.33 bits per heavy atom. The van der Waals surface area contributed by atoms with Crippen molar-refractivity contribution in [3.63, 3.8) is 0 Å². The van der Waals surface area contributed by atoms with Crippen molar-refractivity contribution >= 4 is 22.8 Å². The van der Waals surface area contributed by atoms with E-state index in [0.29, 0.717) is 5.75 Å². The van der Waals surface area contributed by atoms with Gasteiger partial charge in [0.25, 0.3) is 5.24 Å². The number of hydrogen-bond donors (Lipinski definition) is 0. The van der Waals surface area contributed by atoms with Gasteiger partial charge in [0.15, 0.2) is 0 Å². The minimum Gasteiger partial charge on any atom is -0.497 e. The molecular formula is C10H9ClO4. The van der Waals surface area contributed by atoms with E-state index in [-0.39, 0.29) is 11.3 Å². The Morgan fingerprint density at radius 2 is 2.00 bits per heavy atom. The Balaban J connectivity index is 3.15. The van der Waals surface area contributed by atoms with Crippen LogP contribution in [0.4, 0.5) is 0 Å². The summed E-state index contributed by atoms with van der Waals surface area (Å²) in [5, 5.41) is -0.704. The third-order valence-electron chi connectivity index (χ3n) is 1.65. The lowest BCUT2D eigenvalue weighted by atomic mass is 10.2. The first-order chi connectivity index (χ1) is 7.04. The van der Waals surface area contributed by atoms with Gasteiger partial charge in [-0.1, -0.05) is 0 Å². The maximum absolute atomic E-state index is 11.0. The van der Waals surface area contributed by atoms with Crippen molar-refractivity contribution in [2.75, 3.05) is 7.11 Å². The van der Waals surface area contributed by atoms with E-state index in [1.165, 1.54) is 26.2 Å². The predicted molar refractivity (Wildman–Crippen MR) is 54.5 cm³/mol. The van der Waals surface area contributed by atoms with E-state index in [2.05, 4.69) is 0 Å². The second-order valence-corrected chi connectivity index (χ2v) is 3.07. The van der Waals surface area contributed by atoms with Gasteiger partial charge in [0.2, 0.25) is 0 Å². The Bertz CT molecular complexity index is 400. The number of halogens is 1. The first-order valence-electron chi connectivity index (χ1n) is 4.11. The standard InChI is InChI=1S/C10H9ClO4/c1-6(12)15-9-4-3-7(14-2)5-8(9)10(11)13/h3-5H,1-2H3. The molecule has 1 aromatic rings. The third-order valence-corrected chi connectivity index (χ3v) is 1.86. The van der Waals surface area contributed by atoms with Crippen LogP contribution in [0, 0.1) is 0 Å². The molecule has 0 bridgehead atoms. The largest absolute Gasteiger partial charge is 0.497 e. The van der Waals surface area contributed by atoms with Crippen molar-refractivity contribution in [3.8, 4) is 11.5 Å². The fraction of sp³-hybridized carbons (Fsp3) is 0.200. The molecule has 0 fully saturated rings. The molecule has 0 aliphatic carbocycles. The first-order valence-corrected chi connectivity index (χ1v) is 4.48. The predicted octanol–water partition coefficient (Wildman–Crippen LogP) is 2.00. The average molecular weight is 229 g/mol. The molecule has 0 amide bonds. The monoisotopic (exact) mass is 228 g/mol. The molecule has 0 atom stereocenters. The van der Waals surface area contributed by atoms with Crippen LogP contribution in [0.5, 0.6) is 11.5 Å². The van der Waals surface area contributed by atoms with Gasteiger partial charge < -0.3 is 9.47 Å². The molecule has 1 rings (SSSR count). The molecule has 0 radical (unpaired) electrons. The van der Waals surface area contributed by atoms with Gasteiger partial charge in [-0.05, 0) is 29.8 Å². The van der Waals surface area contributed by atoms with Gasteiger partial charge in [0.1, 0.15) is 11.5 Å².